The SMILES string of the molecule is CCOc1ccccc1OCC(=O)NNC(=O)/C=C/c1cccc(Cl)c1. The molecule has 2 aromatic carbocycles. The van der Waals surface area contributed by atoms with Gasteiger partial charge >= 0.3 is 0 Å². The van der Waals surface area contributed by atoms with Crippen molar-refractivity contribution in [2.75, 3.05) is 13.2 Å². The van der Waals surface area contributed by atoms with Crippen LogP contribution >= 0.6 is 11.6 Å². The van der Waals surface area contributed by atoms with Crippen molar-refractivity contribution in [3.05, 3.63) is 65.2 Å². The van der Waals surface area contributed by atoms with E-state index in [0.29, 0.717) is 23.1 Å². The Morgan fingerprint density at radius 1 is 1.04 bits per heavy atom. The number of hydrogen-bond acceptors (Lipinski definition) is 4. The van der Waals surface area contributed by atoms with Crippen molar-refractivity contribution in [1.82, 2.24) is 10.9 Å². The second kappa shape index (κ2) is 10.1. The van der Waals surface area contributed by atoms with Gasteiger partial charge < -0.3 is 9.47 Å². The van der Waals surface area contributed by atoms with E-state index in [1.165, 1.54) is 6.08 Å². The molecule has 0 atom stereocenters. The zero-order valence-electron chi connectivity index (χ0n) is 14.2. The van der Waals surface area contributed by atoms with Crippen LogP contribution in [0.25, 0.3) is 6.08 Å². The number of ether oxygens (including phenoxy) is 2. The van der Waals surface area contributed by atoms with E-state index < -0.39 is 11.8 Å². The quantitative estimate of drug-likeness (QED) is 0.577. The first-order valence-corrected chi connectivity index (χ1v) is 8.33. The van der Waals surface area contributed by atoms with Gasteiger partial charge in [-0.1, -0.05) is 35.9 Å². The summed E-state index contributed by atoms with van der Waals surface area (Å²) in [4.78, 5) is 23.5. The Morgan fingerprint density at radius 3 is 2.46 bits per heavy atom. The van der Waals surface area contributed by atoms with Crippen molar-refractivity contribution in [3.63, 3.8) is 0 Å². The number of amides is 2. The molecule has 0 heterocycles. The lowest BCUT2D eigenvalue weighted by Crippen LogP contribution is -2.43. The van der Waals surface area contributed by atoms with Crippen molar-refractivity contribution >= 4 is 29.5 Å². The molecule has 0 saturated carbocycles. The van der Waals surface area contributed by atoms with Crippen LogP contribution in [0.3, 0.4) is 0 Å². The lowest BCUT2D eigenvalue weighted by atomic mass is 10.2. The molecule has 0 aliphatic heterocycles. The molecule has 0 aliphatic carbocycles. The summed E-state index contributed by atoms with van der Waals surface area (Å²) in [6.07, 6.45) is 2.87. The van der Waals surface area contributed by atoms with Crippen molar-refractivity contribution in [3.8, 4) is 11.5 Å². The minimum Gasteiger partial charge on any atom is -0.490 e. The predicted molar refractivity (Wildman–Crippen MR) is 99.9 cm³/mol. The average molecular weight is 375 g/mol. The first-order valence-electron chi connectivity index (χ1n) is 7.95. The smallest absolute Gasteiger partial charge is 0.276 e. The Kier molecular flexibility index (Phi) is 7.51. The van der Waals surface area contributed by atoms with Gasteiger partial charge in [-0.25, -0.2) is 0 Å². The molecule has 7 heteroatoms. The van der Waals surface area contributed by atoms with Crippen molar-refractivity contribution < 1.29 is 19.1 Å². The standard InChI is InChI=1S/C19H19ClN2O4/c1-2-25-16-8-3-4-9-17(16)26-13-19(24)22-21-18(23)11-10-14-6-5-7-15(20)12-14/h3-12H,2,13H2,1H3,(H,21,23)(H,22,24)/b11-10+. The van der Waals surface area contributed by atoms with Crippen molar-refractivity contribution in [2.24, 2.45) is 0 Å². The van der Waals surface area contributed by atoms with Gasteiger partial charge in [-0.15, -0.1) is 0 Å². The molecule has 0 fully saturated rings. The lowest BCUT2D eigenvalue weighted by molar-refractivity contribution is -0.128. The molecule has 0 radical (unpaired) electrons. The van der Waals surface area contributed by atoms with Crippen LogP contribution in [0, 0.1) is 0 Å². The fourth-order valence-corrected chi connectivity index (χ4v) is 2.18. The highest BCUT2D eigenvalue weighted by Crippen LogP contribution is 2.26. The molecule has 6 nitrogen and oxygen atoms in total. The van der Waals surface area contributed by atoms with Crippen LogP contribution in [0.1, 0.15) is 12.5 Å². The van der Waals surface area contributed by atoms with Gasteiger partial charge in [0.15, 0.2) is 18.1 Å². The zero-order valence-corrected chi connectivity index (χ0v) is 15.0. The minimum atomic E-state index is -0.499. The van der Waals surface area contributed by atoms with Crippen molar-refractivity contribution in [2.45, 2.75) is 6.92 Å². The van der Waals surface area contributed by atoms with E-state index in [2.05, 4.69) is 10.9 Å². The summed E-state index contributed by atoms with van der Waals surface area (Å²) in [5.41, 5.74) is 5.32. The van der Waals surface area contributed by atoms with E-state index in [1.54, 1.807) is 48.5 Å². The van der Waals surface area contributed by atoms with Crippen molar-refractivity contribution in [1.29, 1.82) is 0 Å². The number of hydrazine groups is 1. The summed E-state index contributed by atoms with van der Waals surface area (Å²) < 4.78 is 10.8. The van der Waals surface area contributed by atoms with Crippen LogP contribution in [0.5, 0.6) is 11.5 Å². The van der Waals surface area contributed by atoms with Gasteiger partial charge in [-0.3, -0.25) is 20.4 Å². The maximum Gasteiger partial charge on any atom is 0.276 e. The van der Waals surface area contributed by atoms with E-state index in [4.69, 9.17) is 21.1 Å². The zero-order chi connectivity index (χ0) is 18.8. The highest BCUT2D eigenvalue weighted by molar-refractivity contribution is 6.30. The highest BCUT2D eigenvalue weighted by atomic mass is 35.5. The number of carbonyl (C=O) groups excluding carboxylic acids is 2. The predicted octanol–water partition coefficient (Wildman–Crippen LogP) is 2.98. The average Bonchev–Trinajstić information content (AvgIpc) is 2.64. The Morgan fingerprint density at radius 2 is 1.77 bits per heavy atom. The van der Waals surface area contributed by atoms with E-state index >= 15 is 0 Å². The monoisotopic (exact) mass is 374 g/mol. The molecule has 2 aromatic rings. The second-order valence-corrected chi connectivity index (χ2v) is 5.53. The van der Waals surface area contributed by atoms with Gasteiger partial charge in [-0.05, 0) is 42.8 Å². The van der Waals surface area contributed by atoms with Crippen LogP contribution < -0.4 is 20.3 Å². The molecule has 2 amide bonds. The van der Waals surface area contributed by atoms with Crippen LogP contribution in [0.2, 0.25) is 5.02 Å². The summed E-state index contributed by atoms with van der Waals surface area (Å²) in [5.74, 6) is 0.0295. The molecule has 136 valence electrons. The molecular formula is C19H19ClN2O4. The third-order valence-corrected chi connectivity index (χ3v) is 3.34. The first kappa shape index (κ1) is 19.3. The summed E-state index contributed by atoms with van der Waals surface area (Å²) >= 11 is 5.86. The molecule has 2 N–H and O–H groups in total. The first-order chi connectivity index (χ1) is 12.6. The molecule has 0 saturated heterocycles. The summed E-state index contributed by atoms with van der Waals surface area (Å²) in [5, 5.41) is 0.574. The van der Waals surface area contributed by atoms with Crippen LogP contribution in [-0.4, -0.2) is 25.0 Å². The third-order valence-electron chi connectivity index (χ3n) is 3.11. The fourth-order valence-electron chi connectivity index (χ4n) is 1.98. The molecule has 0 bridgehead atoms. The van der Waals surface area contributed by atoms with Crippen LogP contribution in [0.15, 0.2) is 54.6 Å². The van der Waals surface area contributed by atoms with Gasteiger partial charge in [-0.2, -0.15) is 0 Å². The number of para-hydroxylation sites is 2. The molecule has 0 unspecified atom stereocenters. The third kappa shape index (κ3) is 6.49. The van der Waals surface area contributed by atoms with Gasteiger partial charge in [0.05, 0.1) is 6.61 Å². The fraction of sp³-hybridized carbons (Fsp3) is 0.158. The molecule has 0 aliphatic rings. The molecule has 2 rings (SSSR count). The Labute approximate surface area is 156 Å². The Balaban J connectivity index is 1.77. The molecule has 26 heavy (non-hydrogen) atoms. The number of rotatable bonds is 7. The lowest BCUT2D eigenvalue weighted by Gasteiger charge is -2.11. The normalized spacial score (nSPS) is 10.4. The van der Waals surface area contributed by atoms with E-state index in [1.807, 2.05) is 13.0 Å². The molecular weight excluding hydrogens is 356 g/mol. The van der Waals surface area contributed by atoms with E-state index in [9.17, 15) is 9.59 Å². The summed E-state index contributed by atoms with van der Waals surface area (Å²) in [7, 11) is 0. The van der Waals surface area contributed by atoms with Gasteiger partial charge in [0.1, 0.15) is 0 Å². The highest BCUT2D eigenvalue weighted by Gasteiger charge is 2.07. The minimum absolute atomic E-state index is 0.262. The number of benzene rings is 2. The largest absolute Gasteiger partial charge is 0.490 e. The van der Waals surface area contributed by atoms with E-state index in [-0.39, 0.29) is 6.61 Å². The van der Waals surface area contributed by atoms with Crippen LogP contribution in [0.4, 0.5) is 0 Å². The molecule has 0 spiro atoms. The van der Waals surface area contributed by atoms with Gasteiger partial charge in [0.25, 0.3) is 11.8 Å². The van der Waals surface area contributed by atoms with Gasteiger partial charge in [0.2, 0.25) is 0 Å². The number of hydrogen-bond donors (Lipinski definition) is 2. The maximum atomic E-state index is 11.8. The maximum absolute atomic E-state index is 11.8. The summed E-state index contributed by atoms with van der Waals surface area (Å²) in [6.45, 7) is 2.08. The van der Waals surface area contributed by atoms with Gasteiger partial charge in [0, 0.05) is 11.1 Å². The Bertz CT molecular complexity index is 793. The Hall–Kier alpha value is -2.99. The number of nitrogens with one attached hydrogen (secondary N) is 2. The topological polar surface area (TPSA) is 76.7 Å². The second-order valence-electron chi connectivity index (χ2n) is 5.09. The number of carbonyl (C=O) groups is 2. The van der Waals surface area contributed by atoms with E-state index in [0.717, 1.165) is 5.56 Å². The summed E-state index contributed by atoms with van der Waals surface area (Å²) in [6, 6.07) is 14.1. The molecule has 0 aromatic heterocycles. The van der Waals surface area contributed by atoms with Crippen LogP contribution in [-0.2, 0) is 9.59 Å². The number of halogens is 1.